The summed E-state index contributed by atoms with van der Waals surface area (Å²) in [6, 6.07) is 9.19. The average molecular weight is 373 g/mol. The van der Waals surface area contributed by atoms with Crippen molar-refractivity contribution in [2.24, 2.45) is 0 Å². The Morgan fingerprint density at radius 3 is 2.44 bits per heavy atom. The number of anilines is 2. The minimum Gasteiger partial charge on any atom is -0.489 e. The number of alkyl halides is 3. The second-order valence-electron chi connectivity index (χ2n) is 5.43. The van der Waals surface area contributed by atoms with E-state index in [2.05, 4.69) is 10.6 Å². The van der Waals surface area contributed by atoms with Crippen LogP contribution >= 0.6 is 11.6 Å². The van der Waals surface area contributed by atoms with Crippen LogP contribution in [0.5, 0.6) is 5.75 Å². The number of hydrogen-bond acceptors (Lipinski definition) is 2. The van der Waals surface area contributed by atoms with Crippen molar-refractivity contribution in [3.63, 3.8) is 0 Å². The molecule has 0 spiro atoms. The predicted molar refractivity (Wildman–Crippen MR) is 91.3 cm³/mol. The molecule has 0 unspecified atom stereocenters. The van der Waals surface area contributed by atoms with E-state index in [4.69, 9.17) is 16.3 Å². The van der Waals surface area contributed by atoms with Crippen molar-refractivity contribution in [3.8, 4) is 5.75 Å². The van der Waals surface area contributed by atoms with Gasteiger partial charge in [-0.2, -0.15) is 13.2 Å². The van der Waals surface area contributed by atoms with E-state index < -0.39 is 22.8 Å². The third kappa shape index (κ3) is 5.29. The van der Waals surface area contributed by atoms with Crippen molar-refractivity contribution in [2.75, 3.05) is 10.6 Å². The second kappa shape index (κ2) is 7.65. The van der Waals surface area contributed by atoms with Gasteiger partial charge in [-0.15, -0.1) is 0 Å². The van der Waals surface area contributed by atoms with Crippen LogP contribution in [0.1, 0.15) is 19.4 Å². The molecule has 0 atom stereocenters. The first-order chi connectivity index (χ1) is 11.7. The number of rotatable bonds is 4. The molecule has 134 valence electrons. The van der Waals surface area contributed by atoms with Crippen LogP contribution in [0.3, 0.4) is 0 Å². The van der Waals surface area contributed by atoms with Gasteiger partial charge in [-0.05, 0) is 44.2 Å². The first kappa shape index (κ1) is 18.9. The summed E-state index contributed by atoms with van der Waals surface area (Å²) in [5, 5.41) is 4.46. The molecule has 25 heavy (non-hydrogen) atoms. The van der Waals surface area contributed by atoms with E-state index >= 15 is 0 Å². The number of amides is 2. The van der Waals surface area contributed by atoms with Gasteiger partial charge in [-0.1, -0.05) is 23.7 Å². The highest BCUT2D eigenvalue weighted by atomic mass is 35.5. The van der Waals surface area contributed by atoms with E-state index in [1.807, 2.05) is 13.8 Å². The Bertz CT molecular complexity index is 764. The number of carbonyl (C=O) groups excluding carboxylic acids is 1. The maximum atomic E-state index is 12.9. The Balaban J connectivity index is 2.14. The molecule has 2 N–H and O–H groups in total. The Kier molecular flexibility index (Phi) is 5.79. The number of nitrogens with one attached hydrogen (secondary N) is 2. The number of para-hydroxylation sites is 2. The fraction of sp³-hybridized carbons (Fsp3) is 0.235. The van der Waals surface area contributed by atoms with Crippen molar-refractivity contribution < 1.29 is 22.7 Å². The van der Waals surface area contributed by atoms with E-state index in [1.165, 1.54) is 6.07 Å². The minimum absolute atomic E-state index is 0.0310. The lowest BCUT2D eigenvalue weighted by Gasteiger charge is -2.15. The molecule has 0 aliphatic heterocycles. The largest absolute Gasteiger partial charge is 0.489 e. The number of benzene rings is 2. The first-order valence-electron chi connectivity index (χ1n) is 7.37. The summed E-state index contributed by atoms with van der Waals surface area (Å²) < 4.78 is 44.1. The predicted octanol–water partition coefficient (Wildman–Crippen LogP) is 5.79. The van der Waals surface area contributed by atoms with Gasteiger partial charge in [0.2, 0.25) is 0 Å². The quantitative estimate of drug-likeness (QED) is 0.713. The van der Waals surface area contributed by atoms with E-state index in [1.54, 1.807) is 24.3 Å². The highest BCUT2D eigenvalue weighted by molar-refractivity contribution is 6.31. The molecule has 8 heteroatoms. The van der Waals surface area contributed by atoms with Gasteiger partial charge in [0, 0.05) is 5.69 Å². The van der Waals surface area contributed by atoms with E-state index in [9.17, 15) is 18.0 Å². The van der Waals surface area contributed by atoms with Gasteiger partial charge in [0.15, 0.2) is 0 Å². The molecule has 0 aliphatic rings. The molecule has 0 saturated carbocycles. The summed E-state index contributed by atoms with van der Waals surface area (Å²) >= 11 is 5.55. The van der Waals surface area contributed by atoms with E-state index in [0.717, 1.165) is 12.1 Å². The Hall–Kier alpha value is -2.41. The molecule has 0 aromatic heterocycles. The second-order valence-corrected chi connectivity index (χ2v) is 5.84. The zero-order chi connectivity index (χ0) is 18.6. The average Bonchev–Trinajstić information content (AvgIpc) is 2.49. The van der Waals surface area contributed by atoms with Gasteiger partial charge in [-0.3, -0.25) is 0 Å². The van der Waals surface area contributed by atoms with Gasteiger partial charge in [0.05, 0.1) is 22.4 Å². The van der Waals surface area contributed by atoms with Gasteiger partial charge < -0.3 is 15.4 Å². The maximum absolute atomic E-state index is 12.9. The molecular formula is C17H16ClF3N2O2. The van der Waals surface area contributed by atoms with Gasteiger partial charge in [0.25, 0.3) is 0 Å². The molecule has 2 aromatic carbocycles. The normalized spacial score (nSPS) is 11.3. The van der Waals surface area contributed by atoms with E-state index in [0.29, 0.717) is 11.4 Å². The molecule has 0 aliphatic carbocycles. The highest BCUT2D eigenvalue weighted by Crippen LogP contribution is 2.36. The molecule has 0 radical (unpaired) electrons. The van der Waals surface area contributed by atoms with Crippen LogP contribution in [0.2, 0.25) is 5.02 Å². The first-order valence-corrected chi connectivity index (χ1v) is 7.75. The molecule has 0 saturated heterocycles. The third-order valence-corrected chi connectivity index (χ3v) is 3.36. The summed E-state index contributed by atoms with van der Waals surface area (Å²) in [4.78, 5) is 12.1. The van der Waals surface area contributed by atoms with Crippen molar-refractivity contribution in [1.82, 2.24) is 0 Å². The standard InChI is InChI=1S/C17H16ClF3N2O2/c1-10(2)25-15-6-4-3-5-14(15)23-16(24)22-11-7-8-13(18)12(9-11)17(19,20)21/h3-10H,1-2H3,(H2,22,23,24). The number of ether oxygens (including phenoxy) is 1. The van der Waals surface area contributed by atoms with Crippen LogP contribution in [-0.2, 0) is 6.18 Å². The van der Waals surface area contributed by atoms with Crippen LogP contribution in [-0.4, -0.2) is 12.1 Å². The third-order valence-electron chi connectivity index (χ3n) is 3.03. The molecule has 0 heterocycles. The number of carbonyl (C=O) groups is 1. The summed E-state index contributed by atoms with van der Waals surface area (Å²) in [5.74, 6) is 0.458. The molecular weight excluding hydrogens is 357 g/mol. The molecule has 2 amide bonds. The summed E-state index contributed by atoms with van der Waals surface area (Å²) in [6.45, 7) is 3.67. The fourth-order valence-electron chi connectivity index (χ4n) is 2.03. The lowest BCUT2D eigenvalue weighted by Crippen LogP contribution is -2.21. The molecule has 0 fully saturated rings. The molecule has 2 aromatic rings. The Labute approximate surface area is 147 Å². The van der Waals surface area contributed by atoms with Crippen molar-refractivity contribution in [2.45, 2.75) is 26.1 Å². The fourth-order valence-corrected chi connectivity index (χ4v) is 2.26. The minimum atomic E-state index is -4.61. The molecule has 4 nitrogen and oxygen atoms in total. The van der Waals surface area contributed by atoms with Crippen LogP contribution < -0.4 is 15.4 Å². The smallest absolute Gasteiger partial charge is 0.417 e. The van der Waals surface area contributed by atoms with Gasteiger partial charge in [-0.25, -0.2) is 4.79 Å². The highest BCUT2D eigenvalue weighted by Gasteiger charge is 2.33. The summed E-state index contributed by atoms with van der Waals surface area (Å²) in [7, 11) is 0. The molecule has 0 bridgehead atoms. The lowest BCUT2D eigenvalue weighted by molar-refractivity contribution is -0.137. The topological polar surface area (TPSA) is 50.4 Å². The summed E-state index contributed by atoms with van der Waals surface area (Å²) in [5.41, 5.74) is -0.647. The van der Waals surface area contributed by atoms with Crippen LogP contribution in [0.4, 0.5) is 29.3 Å². The van der Waals surface area contributed by atoms with Crippen LogP contribution in [0.25, 0.3) is 0 Å². The van der Waals surface area contributed by atoms with Gasteiger partial charge in [0.1, 0.15) is 5.75 Å². The molecule has 2 rings (SSSR count). The van der Waals surface area contributed by atoms with Gasteiger partial charge >= 0.3 is 12.2 Å². The monoisotopic (exact) mass is 372 g/mol. The zero-order valence-electron chi connectivity index (χ0n) is 13.4. The Morgan fingerprint density at radius 2 is 1.80 bits per heavy atom. The van der Waals surface area contributed by atoms with Crippen LogP contribution in [0, 0.1) is 0 Å². The van der Waals surface area contributed by atoms with Crippen molar-refractivity contribution >= 4 is 29.0 Å². The summed E-state index contributed by atoms with van der Waals surface area (Å²) in [6.07, 6.45) is -4.71. The number of urea groups is 1. The van der Waals surface area contributed by atoms with E-state index in [-0.39, 0.29) is 11.8 Å². The lowest BCUT2D eigenvalue weighted by atomic mass is 10.2. The van der Waals surface area contributed by atoms with Crippen molar-refractivity contribution in [3.05, 3.63) is 53.1 Å². The van der Waals surface area contributed by atoms with Crippen LogP contribution in [0.15, 0.2) is 42.5 Å². The Morgan fingerprint density at radius 1 is 1.12 bits per heavy atom. The zero-order valence-corrected chi connectivity index (χ0v) is 14.2. The van der Waals surface area contributed by atoms with Crippen molar-refractivity contribution in [1.29, 1.82) is 0 Å². The number of hydrogen-bond donors (Lipinski definition) is 2. The number of halogens is 4. The maximum Gasteiger partial charge on any atom is 0.417 e. The SMILES string of the molecule is CC(C)Oc1ccccc1NC(=O)Nc1ccc(Cl)c(C(F)(F)F)c1.